The number of ketones is 1. The van der Waals surface area contributed by atoms with Gasteiger partial charge in [-0.05, 0) is 50.2 Å². The van der Waals surface area contributed by atoms with E-state index >= 15 is 0 Å². The fourth-order valence-electron chi connectivity index (χ4n) is 2.63. The molecule has 3 rings (SSSR count). The number of Topliss-reactive ketones (excluding diaryl/α,β-unsaturated/α-hetero) is 1. The minimum Gasteiger partial charge on any atom is -0.463 e. The molecule has 0 aliphatic rings. The van der Waals surface area contributed by atoms with Crippen molar-refractivity contribution in [3.8, 4) is 5.75 Å². The molecule has 7 nitrogen and oxygen atoms in total. The second-order valence-corrected chi connectivity index (χ2v) is 7.69. The van der Waals surface area contributed by atoms with Crippen molar-refractivity contribution in [3.63, 3.8) is 0 Å². The molecule has 0 saturated carbocycles. The monoisotopic (exact) mass is 427 g/mol. The first-order valence-electron chi connectivity index (χ1n) is 9.28. The number of halogens is 1. The predicted octanol–water partition coefficient (Wildman–Crippen LogP) is 4.96. The SMILES string of the molecule is CC(C)(COC(=O)Nc1ccccc1)C(=O)C(Oc1ccc(Cl)cc1)n1ccnc1. The zero-order valence-electron chi connectivity index (χ0n) is 16.6. The number of carbonyl (C=O) groups is 2. The smallest absolute Gasteiger partial charge is 0.411 e. The van der Waals surface area contributed by atoms with Crippen molar-refractivity contribution < 1.29 is 19.1 Å². The van der Waals surface area contributed by atoms with Crippen LogP contribution < -0.4 is 10.1 Å². The number of hydrogen-bond acceptors (Lipinski definition) is 5. The van der Waals surface area contributed by atoms with Crippen LogP contribution in [0.15, 0.2) is 73.3 Å². The largest absolute Gasteiger partial charge is 0.463 e. The third-order valence-corrected chi connectivity index (χ3v) is 4.58. The Hall–Kier alpha value is -3.32. The summed E-state index contributed by atoms with van der Waals surface area (Å²) in [6.07, 6.45) is 3.07. The second-order valence-electron chi connectivity index (χ2n) is 7.25. The van der Waals surface area contributed by atoms with Crippen molar-refractivity contribution in [1.82, 2.24) is 9.55 Å². The van der Waals surface area contributed by atoms with Crippen molar-refractivity contribution in [2.75, 3.05) is 11.9 Å². The van der Waals surface area contributed by atoms with Crippen LogP contribution in [-0.2, 0) is 9.53 Å². The van der Waals surface area contributed by atoms with Gasteiger partial charge in [-0.1, -0.05) is 29.8 Å². The van der Waals surface area contributed by atoms with Crippen LogP contribution in [0.4, 0.5) is 10.5 Å². The summed E-state index contributed by atoms with van der Waals surface area (Å²) in [5, 5.41) is 3.19. The third kappa shape index (κ3) is 5.61. The molecule has 156 valence electrons. The Bertz CT molecular complexity index is 973. The highest BCUT2D eigenvalue weighted by Gasteiger charge is 2.37. The van der Waals surface area contributed by atoms with Crippen LogP contribution in [0, 0.1) is 5.41 Å². The maximum atomic E-state index is 13.3. The van der Waals surface area contributed by atoms with Crippen LogP contribution in [0.25, 0.3) is 0 Å². The Morgan fingerprint density at radius 3 is 2.47 bits per heavy atom. The fourth-order valence-corrected chi connectivity index (χ4v) is 2.75. The van der Waals surface area contributed by atoms with Crippen LogP contribution in [0.1, 0.15) is 20.1 Å². The fraction of sp³-hybridized carbons (Fsp3) is 0.227. The number of ether oxygens (including phenoxy) is 2. The lowest BCUT2D eigenvalue weighted by atomic mass is 9.88. The number of hydrogen-bond donors (Lipinski definition) is 1. The van der Waals surface area contributed by atoms with Gasteiger partial charge in [0, 0.05) is 23.1 Å². The summed E-state index contributed by atoms with van der Waals surface area (Å²) < 4.78 is 12.8. The van der Waals surface area contributed by atoms with Gasteiger partial charge in [0.15, 0.2) is 0 Å². The Labute approximate surface area is 179 Å². The lowest BCUT2D eigenvalue weighted by Gasteiger charge is -2.28. The van der Waals surface area contributed by atoms with Gasteiger partial charge in [-0.25, -0.2) is 9.78 Å². The molecule has 0 aliphatic heterocycles. The van der Waals surface area contributed by atoms with E-state index in [0.717, 1.165) is 0 Å². The van der Waals surface area contributed by atoms with Crippen LogP contribution in [0.5, 0.6) is 5.75 Å². The average molecular weight is 428 g/mol. The highest BCUT2D eigenvalue weighted by Crippen LogP contribution is 2.28. The molecule has 2 aromatic carbocycles. The van der Waals surface area contributed by atoms with E-state index in [1.165, 1.54) is 6.33 Å². The number of anilines is 1. The van der Waals surface area contributed by atoms with Gasteiger partial charge < -0.3 is 9.47 Å². The second kappa shape index (κ2) is 9.45. The van der Waals surface area contributed by atoms with Gasteiger partial charge in [0.25, 0.3) is 0 Å². The van der Waals surface area contributed by atoms with Gasteiger partial charge in [-0.15, -0.1) is 0 Å². The lowest BCUT2D eigenvalue weighted by molar-refractivity contribution is -0.140. The molecule has 1 unspecified atom stereocenters. The van der Waals surface area contributed by atoms with Crippen molar-refractivity contribution in [2.45, 2.75) is 20.1 Å². The zero-order chi connectivity index (χ0) is 21.6. The van der Waals surface area contributed by atoms with Gasteiger partial charge in [0.05, 0.1) is 11.7 Å². The maximum absolute atomic E-state index is 13.3. The van der Waals surface area contributed by atoms with Gasteiger partial charge in [-0.3, -0.25) is 14.7 Å². The molecule has 1 aromatic heterocycles. The lowest BCUT2D eigenvalue weighted by Crippen LogP contribution is -2.39. The number of rotatable bonds is 8. The molecular weight excluding hydrogens is 406 g/mol. The number of nitrogens with zero attached hydrogens (tertiary/aromatic N) is 2. The van der Waals surface area contributed by atoms with Crippen molar-refractivity contribution >= 4 is 29.2 Å². The number of amides is 1. The molecule has 1 amide bonds. The molecule has 1 atom stereocenters. The summed E-state index contributed by atoms with van der Waals surface area (Å²) in [6.45, 7) is 3.26. The average Bonchev–Trinajstić information content (AvgIpc) is 3.27. The first kappa shape index (κ1) is 21.4. The van der Waals surface area contributed by atoms with Crippen LogP contribution >= 0.6 is 11.6 Å². The molecule has 30 heavy (non-hydrogen) atoms. The van der Waals surface area contributed by atoms with E-state index in [9.17, 15) is 9.59 Å². The molecule has 8 heteroatoms. The first-order chi connectivity index (χ1) is 14.3. The quantitative estimate of drug-likeness (QED) is 0.549. The van der Waals surface area contributed by atoms with E-state index < -0.39 is 17.7 Å². The predicted molar refractivity (Wildman–Crippen MR) is 114 cm³/mol. The molecule has 1 heterocycles. The highest BCUT2D eigenvalue weighted by atomic mass is 35.5. The van der Waals surface area contributed by atoms with E-state index in [-0.39, 0.29) is 12.4 Å². The van der Waals surface area contributed by atoms with E-state index in [1.54, 1.807) is 79.3 Å². The highest BCUT2D eigenvalue weighted by molar-refractivity contribution is 6.30. The first-order valence-corrected chi connectivity index (χ1v) is 9.66. The minimum absolute atomic E-state index is 0.125. The maximum Gasteiger partial charge on any atom is 0.411 e. The molecule has 0 fully saturated rings. The summed E-state index contributed by atoms with van der Waals surface area (Å²) in [4.78, 5) is 29.4. The standard InChI is InChI=1S/C22H22ClN3O4/c1-22(2,14-29-21(28)25-17-6-4-3-5-7-17)19(27)20(26-13-12-24-15-26)30-18-10-8-16(23)9-11-18/h3-13,15,20H,14H2,1-2H3,(H,25,28). The van der Waals surface area contributed by atoms with Crippen LogP contribution in [-0.4, -0.2) is 28.0 Å². The minimum atomic E-state index is -1.02. The number of nitrogens with one attached hydrogen (secondary N) is 1. The molecule has 1 N–H and O–H groups in total. The van der Waals surface area contributed by atoms with Crippen molar-refractivity contribution in [3.05, 3.63) is 78.3 Å². The Balaban J connectivity index is 1.69. The Morgan fingerprint density at radius 2 is 1.83 bits per heavy atom. The molecular formula is C22H22ClN3O4. The van der Waals surface area contributed by atoms with Gasteiger partial charge in [-0.2, -0.15) is 0 Å². The van der Waals surface area contributed by atoms with Gasteiger partial charge in [0.2, 0.25) is 12.0 Å². The number of benzene rings is 2. The van der Waals surface area contributed by atoms with Gasteiger partial charge >= 0.3 is 6.09 Å². The van der Waals surface area contributed by atoms with Crippen LogP contribution in [0.2, 0.25) is 5.02 Å². The van der Waals surface area contributed by atoms with E-state index in [0.29, 0.717) is 16.5 Å². The molecule has 0 radical (unpaired) electrons. The third-order valence-electron chi connectivity index (χ3n) is 4.33. The molecule has 0 saturated heterocycles. The normalized spacial score (nSPS) is 12.1. The summed E-state index contributed by atoms with van der Waals surface area (Å²) >= 11 is 5.92. The van der Waals surface area contributed by atoms with Gasteiger partial charge in [0.1, 0.15) is 12.4 Å². The summed E-state index contributed by atoms with van der Waals surface area (Å²) in [5.41, 5.74) is -0.413. The molecule has 0 aliphatic carbocycles. The molecule has 3 aromatic rings. The number of para-hydroxylation sites is 1. The Kier molecular flexibility index (Phi) is 6.74. The van der Waals surface area contributed by atoms with E-state index in [4.69, 9.17) is 21.1 Å². The molecule has 0 spiro atoms. The zero-order valence-corrected chi connectivity index (χ0v) is 17.4. The number of imidazole rings is 1. The van der Waals surface area contributed by atoms with E-state index in [2.05, 4.69) is 10.3 Å². The summed E-state index contributed by atoms with van der Waals surface area (Å²) in [7, 11) is 0. The number of carbonyl (C=O) groups excluding carboxylic acids is 2. The van der Waals surface area contributed by atoms with Crippen molar-refractivity contribution in [2.24, 2.45) is 5.41 Å². The number of aromatic nitrogens is 2. The van der Waals surface area contributed by atoms with Crippen molar-refractivity contribution in [1.29, 1.82) is 0 Å². The van der Waals surface area contributed by atoms with E-state index in [1.807, 2.05) is 6.07 Å². The Morgan fingerprint density at radius 1 is 1.13 bits per heavy atom. The topological polar surface area (TPSA) is 82.5 Å². The van der Waals surface area contributed by atoms with Crippen LogP contribution in [0.3, 0.4) is 0 Å². The summed E-state index contributed by atoms with van der Waals surface area (Å²) in [6, 6.07) is 15.6. The molecule has 0 bridgehead atoms. The summed E-state index contributed by atoms with van der Waals surface area (Å²) in [5.74, 6) is 0.202.